The van der Waals surface area contributed by atoms with Crippen LogP contribution in [0.5, 0.6) is 0 Å². The molecule has 0 saturated heterocycles. The van der Waals surface area contributed by atoms with Crippen LogP contribution in [0.1, 0.15) is 6.42 Å². The van der Waals surface area contributed by atoms with Crippen molar-refractivity contribution in [3.8, 4) is 18.0 Å². The van der Waals surface area contributed by atoms with E-state index < -0.39 is 6.04 Å². The summed E-state index contributed by atoms with van der Waals surface area (Å²) < 4.78 is 1.51. The number of carbonyl (C=O) groups is 1. The number of nitrogens with zero attached hydrogens (tertiary/aromatic N) is 4. The molecule has 96 valence electrons. The SMILES string of the molecule is C#CCC(N)C(=O)Nc1ccc(-n2cnnn2)cc1. The van der Waals surface area contributed by atoms with Crippen molar-refractivity contribution in [2.75, 3.05) is 5.32 Å². The Kier molecular flexibility index (Phi) is 3.85. The molecule has 19 heavy (non-hydrogen) atoms. The zero-order valence-electron chi connectivity index (χ0n) is 10.0. The highest BCUT2D eigenvalue weighted by Crippen LogP contribution is 2.12. The lowest BCUT2D eigenvalue weighted by Crippen LogP contribution is -2.35. The Balaban J connectivity index is 2.03. The number of carbonyl (C=O) groups excluding carboxylic acids is 1. The maximum absolute atomic E-state index is 11.6. The summed E-state index contributed by atoms with van der Waals surface area (Å²) in [6.07, 6.45) is 6.79. The summed E-state index contributed by atoms with van der Waals surface area (Å²) in [6, 6.07) is 6.32. The van der Waals surface area contributed by atoms with E-state index in [1.165, 1.54) is 11.0 Å². The molecule has 0 fully saturated rings. The highest BCUT2D eigenvalue weighted by atomic mass is 16.2. The highest BCUT2D eigenvalue weighted by Gasteiger charge is 2.11. The maximum atomic E-state index is 11.6. The van der Waals surface area contributed by atoms with Gasteiger partial charge in [-0.2, -0.15) is 0 Å². The minimum atomic E-state index is -0.704. The van der Waals surface area contributed by atoms with Crippen LogP contribution < -0.4 is 11.1 Å². The van der Waals surface area contributed by atoms with E-state index in [0.29, 0.717) is 5.69 Å². The molecule has 0 radical (unpaired) electrons. The lowest BCUT2D eigenvalue weighted by molar-refractivity contribution is -0.117. The molecule has 1 heterocycles. The van der Waals surface area contributed by atoms with Crippen molar-refractivity contribution < 1.29 is 4.79 Å². The van der Waals surface area contributed by atoms with Gasteiger partial charge >= 0.3 is 0 Å². The lowest BCUT2D eigenvalue weighted by Gasteiger charge is -2.10. The summed E-state index contributed by atoms with van der Waals surface area (Å²) in [5.74, 6) is 2.04. The molecule has 7 heteroatoms. The number of aromatic nitrogens is 4. The first-order valence-electron chi connectivity index (χ1n) is 5.54. The molecular formula is C12H12N6O. The summed E-state index contributed by atoms with van der Waals surface area (Å²) in [6.45, 7) is 0. The van der Waals surface area contributed by atoms with Gasteiger partial charge in [0, 0.05) is 12.1 Å². The Morgan fingerprint density at radius 3 is 2.79 bits per heavy atom. The molecule has 2 aromatic rings. The second-order valence-electron chi connectivity index (χ2n) is 3.81. The number of benzene rings is 1. The van der Waals surface area contributed by atoms with Crippen molar-refractivity contribution in [3.63, 3.8) is 0 Å². The number of terminal acetylenes is 1. The standard InChI is InChI=1S/C12H12N6O/c1-2-3-11(13)12(19)15-9-4-6-10(7-5-9)18-8-14-16-17-18/h1,4-8,11H,3,13H2,(H,15,19). The van der Waals surface area contributed by atoms with Crippen LogP contribution >= 0.6 is 0 Å². The van der Waals surface area contributed by atoms with Crippen molar-refractivity contribution >= 4 is 11.6 Å². The molecule has 3 N–H and O–H groups in total. The second-order valence-corrected chi connectivity index (χ2v) is 3.81. The number of amides is 1. The molecule has 0 spiro atoms. The van der Waals surface area contributed by atoms with E-state index in [4.69, 9.17) is 12.2 Å². The smallest absolute Gasteiger partial charge is 0.242 e. The number of rotatable bonds is 4. The van der Waals surface area contributed by atoms with Gasteiger partial charge in [-0.25, -0.2) is 4.68 Å². The highest BCUT2D eigenvalue weighted by molar-refractivity contribution is 5.94. The fourth-order valence-electron chi connectivity index (χ4n) is 1.43. The molecule has 0 bridgehead atoms. The monoisotopic (exact) mass is 256 g/mol. The van der Waals surface area contributed by atoms with Crippen LogP contribution in [0.15, 0.2) is 30.6 Å². The van der Waals surface area contributed by atoms with Crippen molar-refractivity contribution in [2.45, 2.75) is 12.5 Å². The molecule has 2 rings (SSSR count). The van der Waals surface area contributed by atoms with Crippen LogP contribution in [0, 0.1) is 12.3 Å². The fraction of sp³-hybridized carbons (Fsp3) is 0.167. The minimum absolute atomic E-state index is 0.203. The molecular weight excluding hydrogens is 244 g/mol. The summed E-state index contributed by atoms with van der Waals surface area (Å²) in [4.78, 5) is 11.6. The Morgan fingerprint density at radius 2 is 2.21 bits per heavy atom. The van der Waals surface area contributed by atoms with Gasteiger partial charge < -0.3 is 11.1 Å². The van der Waals surface area contributed by atoms with Gasteiger partial charge in [0.05, 0.1) is 11.7 Å². The third kappa shape index (κ3) is 3.14. The Morgan fingerprint density at radius 1 is 1.47 bits per heavy atom. The summed E-state index contributed by atoms with van der Waals surface area (Å²) in [5, 5.41) is 13.5. The predicted octanol–water partition coefficient (Wildman–Crippen LogP) is -0.0486. The molecule has 0 aliphatic carbocycles. The molecule has 1 aromatic carbocycles. The van der Waals surface area contributed by atoms with Crippen LogP contribution in [0.3, 0.4) is 0 Å². The topological polar surface area (TPSA) is 98.7 Å². The van der Waals surface area contributed by atoms with Gasteiger partial charge in [0.25, 0.3) is 0 Å². The number of hydrogen-bond acceptors (Lipinski definition) is 5. The summed E-state index contributed by atoms with van der Waals surface area (Å²) in [7, 11) is 0. The number of nitrogens with two attached hydrogens (primary N) is 1. The summed E-state index contributed by atoms with van der Waals surface area (Å²) in [5.41, 5.74) is 7.02. The van der Waals surface area contributed by atoms with E-state index in [0.717, 1.165) is 5.69 Å². The van der Waals surface area contributed by atoms with Crippen LogP contribution in [0.4, 0.5) is 5.69 Å². The van der Waals surface area contributed by atoms with E-state index in [1.54, 1.807) is 24.3 Å². The van der Waals surface area contributed by atoms with Crippen LogP contribution in [0.25, 0.3) is 5.69 Å². The number of nitrogens with one attached hydrogen (secondary N) is 1. The number of anilines is 1. The van der Waals surface area contributed by atoms with E-state index in [2.05, 4.69) is 26.8 Å². The molecule has 1 amide bonds. The predicted molar refractivity (Wildman–Crippen MR) is 69.2 cm³/mol. The first-order chi connectivity index (χ1) is 9.20. The molecule has 0 aliphatic rings. The third-order valence-electron chi connectivity index (χ3n) is 2.42. The molecule has 0 aliphatic heterocycles. The van der Waals surface area contributed by atoms with E-state index >= 15 is 0 Å². The van der Waals surface area contributed by atoms with Gasteiger partial charge in [-0.15, -0.1) is 17.4 Å². The van der Waals surface area contributed by atoms with Crippen molar-refractivity contribution in [1.82, 2.24) is 20.2 Å². The van der Waals surface area contributed by atoms with Gasteiger partial charge in [-0.05, 0) is 34.7 Å². The van der Waals surface area contributed by atoms with Crippen molar-refractivity contribution in [3.05, 3.63) is 30.6 Å². The third-order valence-corrected chi connectivity index (χ3v) is 2.42. The average Bonchev–Trinajstić information content (AvgIpc) is 2.94. The number of hydrogen-bond donors (Lipinski definition) is 2. The van der Waals surface area contributed by atoms with Crippen molar-refractivity contribution in [2.24, 2.45) is 5.73 Å². The molecule has 1 atom stereocenters. The Bertz CT molecular complexity index is 584. The zero-order valence-corrected chi connectivity index (χ0v) is 10.0. The van der Waals surface area contributed by atoms with Crippen molar-refractivity contribution in [1.29, 1.82) is 0 Å². The minimum Gasteiger partial charge on any atom is -0.325 e. The maximum Gasteiger partial charge on any atom is 0.242 e. The van der Waals surface area contributed by atoms with E-state index in [1.807, 2.05) is 0 Å². The van der Waals surface area contributed by atoms with Crippen LogP contribution in [-0.2, 0) is 4.79 Å². The quantitative estimate of drug-likeness (QED) is 0.747. The van der Waals surface area contributed by atoms with Gasteiger partial charge in [0.1, 0.15) is 6.33 Å². The van der Waals surface area contributed by atoms with Gasteiger partial charge in [-0.3, -0.25) is 4.79 Å². The Hall–Kier alpha value is -2.72. The number of tetrazole rings is 1. The summed E-state index contributed by atoms with van der Waals surface area (Å²) >= 11 is 0. The first-order valence-corrected chi connectivity index (χ1v) is 5.54. The van der Waals surface area contributed by atoms with E-state index in [9.17, 15) is 4.79 Å². The Labute approximate surface area is 109 Å². The second kappa shape index (κ2) is 5.75. The molecule has 7 nitrogen and oxygen atoms in total. The average molecular weight is 256 g/mol. The van der Waals surface area contributed by atoms with Gasteiger partial charge in [0.15, 0.2) is 0 Å². The van der Waals surface area contributed by atoms with E-state index in [-0.39, 0.29) is 12.3 Å². The van der Waals surface area contributed by atoms with Gasteiger partial charge in [0.2, 0.25) is 5.91 Å². The normalized spacial score (nSPS) is 11.6. The first kappa shape index (κ1) is 12.7. The largest absolute Gasteiger partial charge is 0.325 e. The zero-order chi connectivity index (χ0) is 13.7. The molecule has 1 unspecified atom stereocenters. The lowest BCUT2D eigenvalue weighted by atomic mass is 10.2. The molecule has 0 saturated carbocycles. The van der Waals surface area contributed by atoms with Crippen LogP contribution in [-0.4, -0.2) is 32.2 Å². The van der Waals surface area contributed by atoms with Gasteiger partial charge in [-0.1, -0.05) is 0 Å². The molecule has 1 aromatic heterocycles. The fourth-order valence-corrected chi connectivity index (χ4v) is 1.43. The van der Waals surface area contributed by atoms with Crippen LogP contribution in [0.2, 0.25) is 0 Å².